The van der Waals surface area contributed by atoms with Crippen molar-refractivity contribution in [3.05, 3.63) is 61.6 Å². The molecule has 2 unspecified atom stereocenters. The van der Waals surface area contributed by atoms with E-state index in [1.807, 2.05) is 0 Å². The van der Waals surface area contributed by atoms with E-state index in [1.54, 1.807) is 0 Å². The summed E-state index contributed by atoms with van der Waals surface area (Å²) in [5, 5.41) is 6.69. The zero-order valence-electron chi connectivity index (χ0n) is 27.8. The fourth-order valence-corrected chi connectivity index (χ4v) is 9.09. The number of ether oxygens (including phenoxy) is 2. The molecule has 46 heavy (non-hydrogen) atoms. The summed E-state index contributed by atoms with van der Waals surface area (Å²) in [5.74, 6) is -0.936. The van der Waals surface area contributed by atoms with E-state index >= 15 is 0 Å². The van der Waals surface area contributed by atoms with Crippen molar-refractivity contribution < 1.29 is 28.7 Å². The lowest BCUT2D eigenvalue weighted by Gasteiger charge is -2.33. The van der Waals surface area contributed by atoms with Gasteiger partial charge >= 0.3 is 11.9 Å². The summed E-state index contributed by atoms with van der Waals surface area (Å²) in [6.45, 7) is 13.4. The largest absolute Gasteiger partial charge is 0.465 e. The zero-order chi connectivity index (χ0) is 33.6. The standard InChI is InChI=1S/C35H43N3O6S2/c1-34(2,3)19-10-12-21-24(15-19)45-30(26(21)32(41)43-7)37-28(39)18-9-14-23(36-17-18)29(40)38-31-27(33(42)44-8)22-13-11-20(35(4,5)6)16-25(22)46-31/h9,14,17,19-20H,10-13,15-16H2,1-8H3,(H,37,39)(H,38,40). The molecule has 2 atom stereocenters. The Bertz CT molecular complexity index is 1550. The van der Waals surface area contributed by atoms with E-state index in [4.69, 9.17) is 9.47 Å². The van der Waals surface area contributed by atoms with Gasteiger partial charge in [-0.3, -0.25) is 14.6 Å². The van der Waals surface area contributed by atoms with Crippen LogP contribution in [0.15, 0.2) is 18.3 Å². The molecule has 0 saturated carbocycles. The minimum Gasteiger partial charge on any atom is -0.465 e. The molecule has 2 amide bonds. The molecule has 9 nitrogen and oxygen atoms in total. The van der Waals surface area contributed by atoms with Crippen LogP contribution in [0.1, 0.15) is 117 Å². The first-order chi connectivity index (χ1) is 21.6. The Morgan fingerprint density at radius 3 is 1.59 bits per heavy atom. The van der Waals surface area contributed by atoms with Gasteiger partial charge in [0.25, 0.3) is 11.8 Å². The molecule has 2 aliphatic rings. The fraction of sp³-hybridized carbons (Fsp3) is 0.514. The smallest absolute Gasteiger partial charge is 0.341 e. The van der Waals surface area contributed by atoms with Gasteiger partial charge in [-0.25, -0.2) is 9.59 Å². The van der Waals surface area contributed by atoms with Crippen LogP contribution >= 0.6 is 22.7 Å². The second kappa shape index (κ2) is 12.9. The predicted octanol–water partition coefficient (Wildman–Crippen LogP) is 7.58. The average molecular weight is 666 g/mol. The highest BCUT2D eigenvalue weighted by molar-refractivity contribution is 7.17. The van der Waals surface area contributed by atoms with Crippen LogP contribution in [-0.2, 0) is 35.2 Å². The Morgan fingerprint density at radius 2 is 1.20 bits per heavy atom. The summed E-state index contributed by atoms with van der Waals surface area (Å²) >= 11 is 2.84. The van der Waals surface area contributed by atoms with Crippen molar-refractivity contribution in [1.29, 1.82) is 0 Å². The first kappa shape index (κ1) is 33.8. The highest BCUT2D eigenvalue weighted by Crippen LogP contribution is 2.46. The fourth-order valence-electron chi connectivity index (χ4n) is 6.47. The molecule has 0 aromatic carbocycles. The van der Waals surface area contributed by atoms with Crippen LogP contribution in [-0.4, -0.2) is 43.0 Å². The normalized spacial score (nSPS) is 17.8. The third kappa shape index (κ3) is 6.76. The quantitative estimate of drug-likeness (QED) is 0.260. The van der Waals surface area contributed by atoms with E-state index in [9.17, 15) is 19.2 Å². The van der Waals surface area contributed by atoms with E-state index in [2.05, 4.69) is 57.2 Å². The number of pyridine rings is 1. The number of methoxy groups -OCH3 is 2. The number of carbonyl (C=O) groups excluding carboxylic acids is 4. The summed E-state index contributed by atoms with van der Waals surface area (Å²) < 4.78 is 10.2. The first-order valence-corrected chi connectivity index (χ1v) is 17.3. The number of hydrogen-bond acceptors (Lipinski definition) is 9. The number of nitrogens with one attached hydrogen (secondary N) is 2. The van der Waals surface area contributed by atoms with Gasteiger partial charge in [-0.05, 0) is 84.5 Å². The first-order valence-electron chi connectivity index (χ1n) is 15.7. The number of rotatable bonds is 6. The number of aromatic nitrogens is 1. The lowest BCUT2D eigenvalue weighted by atomic mass is 9.72. The number of nitrogens with zero attached hydrogens (tertiary/aromatic N) is 1. The van der Waals surface area contributed by atoms with Crippen LogP contribution in [0.4, 0.5) is 10.0 Å². The van der Waals surface area contributed by atoms with Crippen molar-refractivity contribution in [2.45, 2.75) is 80.1 Å². The van der Waals surface area contributed by atoms with Crippen molar-refractivity contribution in [3.63, 3.8) is 0 Å². The molecular formula is C35H43N3O6S2. The summed E-state index contributed by atoms with van der Waals surface area (Å²) in [7, 11) is 2.68. The number of hydrogen-bond donors (Lipinski definition) is 2. The highest BCUT2D eigenvalue weighted by Gasteiger charge is 2.36. The Hall–Kier alpha value is -3.57. The van der Waals surface area contributed by atoms with Crippen molar-refractivity contribution in [3.8, 4) is 0 Å². The third-order valence-electron chi connectivity index (χ3n) is 9.47. The summed E-state index contributed by atoms with van der Waals surface area (Å²) in [6.07, 6.45) is 6.44. The SMILES string of the molecule is COC(=O)c1c(NC(=O)c2ccc(C(=O)Nc3sc4c(c3C(=O)OC)CCC(C(C)(C)C)C4)nc2)sc2c1CCC(C(C)(C)C)C2. The maximum Gasteiger partial charge on any atom is 0.341 e. The summed E-state index contributed by atoms with van der Waals surface area (Å²) in [5.41, 5.74) is 3.33. The molecule has 0 spiro atoms. The summed E-state index contributed by atoms with van der Waals surface area (Å²) in [6, 6.07) is 2.99. The molecule has 5 rings (SSSR count). The van der Waals surface area contributed by atoms with E-state index in [0.29, 0.717) is 33.0 Å². The molecule has 0 saturated heterocycles. The molecule has 0 bridgehead atoms. The monoisotopic (exact) mass is 665 g/mol. The summed E-state index contributed by atoms with van der Waals surface area (Å²) in [4.78, 5) is 58.6. The maximum atomic E-state index is 13.3. The zero-order valence-corrected chi connectivity index (χ0v) is 29.5. The molecular weight excluding hydrogens is 623 g/mol. The Labute approximate surface area is 278 Å². The molecule has 0 fully saturated rings. The van der Waals surface area contributed by atoms with Gasteiger partial charge in [0, 0.05) is 16.0 Å². The van der Waals surface area contributed by atoms with Crippen LogP contribution in [0, 0.1) is 22.7 Å². The van der Waals surface area contributed by atoms with Crippen LogP contribution in [0.5, 0.6) is 0 Å². The number of fused-ring (bicyclic) bond motifs is 2. The van der Waals surface area contributed by atoms with Crippen LogP contribution in [0.3, 0.4) is 0 Å². The van der Waals surface area contributed by atoms with Crippen molar-refractivity contribution in [1.82, 2.24) is 4.98 Å². The van der Waals surface area contributed by atoms with E-state index in [0.717, 1.165) is 59.4 Å². The van der Waals surface area contributed by atoms with Gasteiger partial charge in [-0.2, -0.15) is 0 Å². The molecule has 0 radical (unpaired) electrons. The molecule has 3 heterocycles. The van der Waals surface area contributed by atoms with Crippen molar-refractivity contribution in [2.75, 3.05) is 24.9 Å². The van der Waals surface area contributed by atoms with Gasteiger partial charge < -0.3 is 20.1 Å². The van der Waals surface area contributed by atoms with Gasteiger partial charge in [-0.1, -0.05) is 41.5 Å². The molecule has 3 aromatic rings. The molecule has 246 valence electrons. The van der Waals surface area contributed by atoms with E-state index < -0.39 is 23.8 Å². The average Bonchev–Trinajstić information content (AvgIpc) is 3.55. The van der Waals surface area contributed by atoms with Gasteiger partial charge in [0.05, 0.1) is 30.9 Å². The van der Waals surface area contributed by atoms with Gasteiger partial charge in [0.15, 0.2) is 0 Å². The van der Waals surface area contributed by atoms with E-state index in [1.165, 1.54) is 55.2 Å². The lowest BCUT2D eigenvalue weighted by molar-refractivity contribution is 0.0591. The maximum absolute atomic E-state index is 13.3. The van der Waals surface area contributed by atoms with Crippen molar-refractivity contribution in [2.24, 2.45) is 22.7 Å². The lowest BCUT2D eigenvalue weighted by Crippen LogP contribution is -2.26. The minimum absolute atomic E-state index is 0.0985. The molecule has 2 aliphatic carbocycles. The number of esters is 2. The van der Waals surface area contributed by atoms with Gasteiger partial charge in [0.1, 0.15) is 15.7 Å². The number of amides is 2. The van der Waals surface area contributed by atoms with E-state index in [-0.39, 0.29) is 22.1 Å². The molecule has 0 aliphatic heterocycles. The third-order valence-corrected chi connectivity index (χ3v) is 11.8. The van der Waals surface area contributed by atoms with Crippen LogP contribution in [0.25, 0.3) is 0 Å². The predicted molar refractivity (Wildman–Crippen MR) is 181 cm³/mol. The molecule has 2 N–H and O–H groups in total. The number of anilines is 2. The van der Waals surface area contributed by atoms with Crippen molar-refractivity contribution >= 4 is 56.4 Å². The Kier molecular flexibility index (Phi) is 9.48. The molecule has 3 aromatic heterocycles. The van der Waals surface area contributed by atoms with Crippen LogP contribution < -0.4 is 10.6 Å². The molecule has 11 heteroatoms. The Balaban J connectivity index is 1.33. The van der Waals surface area contributed by atoms with Gasteiger partial charge in [-0.15, -0.1) is 22.7 Å². The number of thiophene rings is 2. The number of carbonyl (C=O) groups is 4. The van der Waals surface area contributed by atoms with Gasteiger partial charge in [0.2, 0.25) is 0 Å². The minimum atomic E-state index is -0.490. The Morgan fingerprint density at radius 1 is 0.739 bits per heavy atom. The second-order valence-electron chi connectivity index (χ2n) is 14.4. The topological polar surface area (TPSA) is 124 Å². The highest BCUT2D eigenvalue weighted by atomic mass is 32.1. The second-order valence-corrected chi connectivity index (χ2v) is 16.6. The van der Waals surface area contributed by atoms with Crippen LogP contribution in [0.2, 0.25) is 0 Å².